The Kier molecular flexibility index (Phi) is 7.72. The first kappa shape index (κ1) is 19.9. The molecule has 5 heteroatoms. The van der Waals surface area contributed by atoms with Crippen molar-refractivity contribution in [2.45, 2.75) is 58.0 Å². The van der Waals surface area contributed by atoms with Crippen molar-refractivity contribution in [1.82, 2.24) is 15.2 Å². The minimum absolute atomic E-state index is 0.667. The number of ether oxygens (including phenoxy) is 1. The predicted molar refractivity (Wildman–Crippen MR) is 109 cm³/mol. The van der Waals surface area contributed by atoms with Crippen molar-refractivity contribution >= 4 is 0 Å². The van der Waals surface area contributed by atoms with Crippen LogP contribution in [-0.2, 0) is 6.54 Å². The minimum Gasteiger partial charge on any atom is -0.494 e. The van der Waals surface area contributed by atoms with Gasteiger partial charge < -0.3 is 19.4 Å². The van der Waals surface area contributed by atoms with Gasteiger partial charge in [0.1, 0.15) is 12.0 Å². The summed E-state index contributed by atoms with van der Waals surface area (Å²) in [5.41, 5.74) is 1.93. The molecule has 1 saturated heterocycles. The van der Waals surface area contributed by atoms with Gasteiger partial charge in [-0.2, -0.15) is 0 Å². The van der Waals surface area contributed by atoms with Crippen molar-refractivity contribution in [3.05, 3.63) is 36.2 Å². The Morgan fingerprint density at radius 2 is 2.11 bits per heavy atom. The molecule has 1 aliphatic rings. The van der Waals surface area contributed by atoms with E-state index in [1.54, 1.807) is 6.26 Å². The SMILES string of the molecule is CCCCCOc1ccc(-c2nc(CNCCC3CCCN3C)co2)cc1. The third kappa shape index (κ3) is 6.08. The van der Waals surface area contributed by atoms with Crippen LogP contribution in [0.4, 0.5) is 0 Å². The second-order valence-electron chi connectivity index (χ2n) is 7.47. The topological polar surface area (TPSA) is 50.5 Å². The van der Waals surface area contributed by atoms with Crippen molar-refractivity contribution < 1.29 is 9.15 Å². The quantitative estimate of drug-likeness (QED) is 0.590. The lowest BCUT2D eigenvalue weighted by atomic mass is 10.1. The average molecular weight is 372 g/mol. The highest BCUT2D eigenvalue weighted by Crippen LogP contribution is 2.22. The van der Waals surface area contributed by atoms with Crippen LogP contribution in [0.25, 0.3) is 11.5 Å². The highest BCUT2D eigenvalue weighted by molar-refractivity contribution is 5.54. The van der Waals surface area contributed by atoms with Gasteiger partial charge in [0.25, 0.3) is 0 Å². The predicted octanol–water partition coefficient (Wildman–Crippen LogP) is 4.48. The molecule has 0 aliphatic carbocycles. The van der Waals surface area contributed by atoms with Crippen LogP contribution in [-0.4, -0.2) is 42.7 Å². The molecular formula is C22H33N3O2. The summed E-state index contributed by atoms with van der Waals surface area (Å²) in [6.07, 6.45) is 9.12. The van der Waals surface area contributed by atoms with Gasteiger partial charge in [-0.05, 0) is 70.1 Å². The number of hydrogen-bond acceptors (Lipinski definition) is 5. The Hall–Kier alpha value is -1.85. The van der Waals surface area contributed by atoms with Gasteiger partial charge in [-0.1, -0.05) is 19.8 Å². The van der Waals surface area contributed by atoms with Crippen molar-refractivity contribution in [3.8, 4) is 17.2 Å². The maximum absolute atomic E-state index is 5.75. The first-order valence-corrected chi connectivity index (χ1v) is 10.3. The lowest BCUT2D eigenvalue weighted by Gasteiger charge is -2.19. The molecule has 1 atom stereocenters. The molecule has 0 bridgehead atoms. The van der Waals surface area contributed by atoms with Crippen LogP contribution >= 0.6 is 0 Å². The summed E-state index contributed by atoms with van der Waals surface area (Å²) in [6, 6.07) is 8.72. The smallest absolute Gasteiger partial charge is 0.226 e. The maximum Gasteiger partial charge on any atom is 0.226 e. The van der Waals surface area contributed by atoms with Crippen LogP contribution in [0, 0.1) is 0 Å². The number of unbranched alkanes of at least 4 members (excludes halogenated alkanes) is 2. The third-order valence-corrected chi connectivity index (χ3v) is 5.30. The molecular weight excluding hydrogens is 338 g/mol. The summed E-state index contributed by atoms with van der Waals surface area (Å²) >= 11 is 0. The zero-order valence-corrected chi connectivity index (χ0v) is 16.7. The molecule has 0 saturated carbocycles. The normalized spacial score (nSPS) is 17.5. The summed E-state index contributed by atoms with van der Waals surface area (Å²) in [5, 5.41) is 3.49. The molecule has 2 heterocycles. The second-order valence-corrected chi connectivity index (χ2v) is 7.47. The summed E-state index contributed by atoms with van der Waals surface area (Å²) in [6.45, 7) is 5.97. The summed E-state index contributed by atoms with van der Waals surface area (Å²) in [5.74, 6) is 1.57. The largest absolute Gasteiger partial charge is 0.494 e. The fraction of sp³-hybridized carbons (Fsp3) is 0.591. The van der Waals surface area contributed by atoms with E-state index in [1.807, 2.05) is 24.3 Å². The van der Waals surface area contributed by atoms with Gasteiger partial charge in [0.2, 0.25) is 5.89 Å². The van der Waals surface area contributed by atoms with E-state index in [2.05, 4.69) is 29.2 Å². The summed E-state index contributed by atoms with van der Waals surface area (Å²) in [7, 11) is 2.23. The van der Waals surface area contributed by atoms with Crippen LogP contribution in [0.5, 0.6) is 5.75 Å². The minimum atomic E-state index is 0.667. The van der Waals surface area contributed by atoms with Crippen LogP contribution in [0.3, 0.4) is 0 Å². The highest BCUT2D eigenvalue weighted by atomic mass is 16.5. The molecule has 1 N–H and O–H groups in total. The zero-order chi connectivity index (χ0) is 18.9. The fourth-order valence-electron chi connectivity index (χ4n) is 3.59. The molecule has 3 rings (SSSR count). The van der Waals surface area contributed by atoms with Crippen LogP contribution in [0.15, 0.2) is 34.9 Å². The number of rotatable bonds is 11. The number of aromatic nitrogens is 1. The Morgan fingerprint density at radius 3 is 2.85 bits per heavy atom. The second kappa shape index (κ2) is 10.5. The van der Waals surface area contributed by atoms with E-state index < -0.39 is 0 Å². The van der Waals surface area contributed by atoms with Crippen molar-refractivity contribution in [1.29, 1.82) is 0 Å². The van der Waals surface area contributed by atoms with Crippen LogP contribution in [0.1, 0.15) is 51.1 Å². The molecule has 5 nitrogen and oxygen atoms in total. The maximum atomic E-state index is 5.75. The molecule has 0 amide bonds. The van der Waals surface area contributed by atoms with Crippen molar-refractivity contribution in [2.75, 3.05) is 26.7 Å². The van der Waals surface area contributed by atoms with E-state index in [0.29, 0.717) is 5.89 Å². The number of oxazole rings is 1. The molecule has 2 aromatic rings. The molecule has 1 aliphatic heterocycles. The molecule has 27 heavy (non-hydrogen) atoms. The Labute approximate surface area is 163 Å². The lowest BCUT2D eigenvalue weighted by Crippen LogP contribution is -2.29. The van der Waals surface area contributed by atoms with Crippen molar-refractivity contribution in [3.63, 3.8) is 0 Å². The molecule has 1 aromatic carbocycles. The van der Waals surface area contributed by atoms with E-state index in [0.717, 1.165) is 49.2 Å². The summed E-state index contributed by atoms with van der Waals surface area (Å²) in [4.78, 5) is 7.07. The number of benzene rings is 1. The van der Waals surface area contributed by atoms with E-state index in [4.69, 9.17) is 9.15 Å². The van der Waals surface area contributed by atoms with E-state index in [1.165, 1.54) is 38.6 Å². The first-order valence-electron chi connectivity index (χ1n) is 10.3. The zero-order valence-electron chi connectivity index (χ0n) is 16.7. The number of likely N-dealkylation sites (tertiary alicyclic amines) is 1. The van der Waals surface area contributed by atoms with Gasteiger partial charge in [-0.3, -0.25) is 0 Å². The molecule has 0 radical (unpaired) electrons. The van der Waals surface area contributed by atoms with Crippen LogP contribution < -0.4 is 10.1 Å². The Balaban J connectivity index is 1.41. The molecule has 1 unspecified atom stereocenters. The monoisotopic (exact) mass is 371 g/mol. The Morgan fingerprint density at radius 1 is 1.26 bits per heavy atom. The third-order valence-electron chi connectivity index (χ3n) is 5.30. The molecule has 1 fully saturated rings. The van der Waals surface area contributed by atoms with Crippen molar-refractivity contribution in [2.24, 2.45) is 0 Å². The number of nitrogens with zero attached hydrogens (tertiary/aromatic N) is 2. The van der Waals surface area contributed by atoms with Gasteiger partial charge in [0, 0.05) is 18.2 Å². The fourth-order valence-corrected chi connectivity index (χ4v) is 3.59. The van der Waals surface area contributed by atoms with Crippen LogP contribution in [0.2, 0.25) is 0 Å². The Bertz CT molecular complexity index is 668. The molecule has 1 aromatic heterocycles. The number of hydrogen-bond donors (Lipinski definition) is 1. The van der Waals surface area contributed by atoms with E-state index >= 15 is 0 Å². The molecule has 148 valence electrons. The van der Waals surface area contributed by atoms with E-state index in [-0.39, 0.29) is 0 Å². The first-order chi connectivity index (χ1) is 13.3. The van der Waals surface area contributed by atoms with Gasteiger partial charge in [-0.25, -0.2) is 4.98 Å². The summed E-state index contributed by atoms with van der Waals surface area (Å²) < 4.78 is 11.4. The van der Waals surface area contributed by atoms with Gasteiger partial charge in [0.15, 0.2) is 0 Å². The van der Waals surface area contributed by atoms with Gasteiger partial charge in [-0.15, -0.1) is 0 Å². The lowest BCUT2D eigenvalue weighted by molar-refractivity contribution is 0.293. The standard InChI is InChI=1S/C22H33N3O2/c1-3-4-5-15-26-21-10-8-18(9-11-21)22-24-19(17-27-22)16-23-13-12-20-7-6-14-25(20)2/h8-11,17,20,23H,3-7,12-16H2,1-2H3. The average Bonchev–Trinajstić information content (AvgIpc) is 3.32. The highest BCUT2D eigenvalue weighted by Gasteiger charge is 2.19. The van der Waals surface area contributed by atoms with Gasteiger partial charge >= 0.3 is 0 Å². The number of nitrogens with one attached hydrogen (secondary N) is 1. The van der Waals surface area contributed by atoms with E-state index in [9.17, 15) is 0 Å². The van der Waals surface area contributed by atoms with Gasteiger partial charge in [0.05, 0.1) is 12.3 Å². The molecule has 0 spiro atoms.